The summed E-state index contributed by atoms with van der Waals surface area (Å²) in [5.74, 6) is 0.753. The van der Waals surface area contributed by atoms with E-state index >= 15 is 0 Å². The molecule has 1 aromatic carbocycles. The molecule has 0 spiro atoms. The van der Waals surface area contributed by atoms with Crippen molar-refractivity contribution < 1.29 is 4.74 Å². The molecule has 0 atom stereocenters. The van der Waals surface area contributed by atoms with Gasteiger partial charge < -0.3 is 15.9 Å². The maximum absolute atomic E-state index is 7.10. The first-order valence-electron chi connectivity index (χ1n) is 4.20. The summed E-state index contributed by atoms with van der Waals surface area (Å²) in [7, 11) is 0. The number of rotatable bonds is 3. The van der Waals surface area contributed by atoms with E-state index in [-0.39, 0.29) is 6.10 Å². The lowest BCUT2D eigenvalue weighted by Gasteiger charge is -2.10. The second kappa shape index (κ2) is 3.94. The minimum absolute atomic E-state index is 0.141. The van der Waals surface area contributed by atoms with Crippen LogP contribution in [-0.4, -0.2) is 12.3 Å². The van der Waals surface area contributed by atoms with E-state index in [1.165, 1.54) is 6.21 Å². The van der Waals surface area contributed by atoms with E-state index in [9.17, 15) is 0 Å². The van der Waals surface area contributed by atoms with Gasteiger partial charge >= 0.3 is 0 Å². The van der Waals surface area contributed by atoms with Crippen LogP contribution in [0.4, 0.5) is 5.69 Å². The van der Waals surface area contributed by atoms with Crippen LogP contribution in [0.2, 0.25) is 0 Å². The van der Waals surface area contributed by atoms with Crippen LogP contribution in [0.3, 0.4) is 0 Å². The summed E-state index contributed by atoms with van der Waals surface area (Å²) in [6.45, 7) is 3.92. The van der Waals surface area contributed by atoms with Crippen molar-refractivity contribution >= 4 is 11.9 Å². The van der Waals surface area contributed by atoms with Crippen LogP contribution in [0, 0.1) is 5.41 Å². The van der Waals surface area contributed by atoms with Gasteiger partial charge in [0.2, 0.25) is 0 Å². The van der Waals surface area contributed by atoms with Crippen molar-refractivity contribution in [2.45, 2.75) is 20.0 Å². The summed E-state index contributed by atoms with van der Waals surface area (Å²) in [6, 6.07) is 5.32. The Morgan fingerprint density at radius 1 is 1.46 bits per heavy atom. The second-order valence-corrected chi connectivity index (χ2v) is 3.10. The summed E-state index contributed by atoms with van der Waals surface area (Å²) < 4.78 is 5.45. The molecule has 0 aliphatic heterocycles. The highest BCUT2D eigenvalue weighted by Crippen LogP contribution is 2.18. The van der Waals surface area contributed by atoms with Crippen molar-refractivity contribution in [3.8, 4) is 5.75 Å². The van der Waals surface area contributed by atoms with Gasteiger partial charge in [-0.05, 0) is 32.0 Å². The molecule has 0 bridgehead atoms. The average molecular weight is 178 g/mol. The van der Waals surface area contributed by atoms with Gasteiger partial charge in [-0.25, -0.2) is 0 Å². The number of nitrogens with one attached hydrogen (secondary N) is 1. The smallest absolute Gasteiger partial charge is 0.120 e. The number of nitrogens with two attached hydrogens (primary N) is 1. The number of benzene rings is 1. The van der Waals surface area contributed by atoms with Crippen molar-refractivity contribution in [2.75, 3.05) is 5.73 Å². The Bertz CT molecular complexity index is 308. The number of hydrogen-bond donors (Lipinski definition) is 2. The summed E-state index contributed by atoms with van der Waals surface area (Å²) in [5, 5.41) is 7.10. The molecule has 0 unspecified atom stereocenters. The monoisotopic (exact) mass is 178 g/mol. The molecule has 1 aromatic rings. The van der Waals surface area contributed by atoms with Crippen molar-refractivity contribution in [1.29, 1.82) is 5.41 Å². The first-order valence-corrected chi connectivity index (χ1v) is 4.20. The predicted octanol–water partition coefficient (Wildman–Crippen LogP) is 2.05. The standard InChI is InChI=1S/C10H14N2O/c1-7(2)13-9-3-4-10(12)8(5-9)6-11/h3-7,11H,12H2,1-2H3. The van der Waals surface area contributed by atoms with Crippen LogP contribution >= 0.6 is 0 Å². The summed E-state index contributed by atoms with van der Waals surface area (Å²) in [5.41, 5.74) is 6.92. The Kier molecular flexibility index (Phi) is 2.90. The molecule has 0 heterocycles. The summed E-state index contributed by atoms with van der Waals surface area (Å²) in [4.78, 5) is 0. The lowest BCUT2D eigenvalue weighted by Crippen LogP contribution is -2.06. The highest BCUT2D eigenvalue weighted by Gasteiger charge is 2.00. The average Bonchev–Trinajstić information content (AvgIpc) is 2.07. The minimum atomic E-state index is 0.141. The van der Waals surface area contributed by atoms with Crippen molar-refractivity contribution in [3.63, 3.8) is 0 Å². The van der Waals surface area contributed by atoms with Gasteiger partial charge in [0.05, 0.1) is 6.10 Å². The van der Waals surface area contributed by atoms with E-state index in [2.05, 4.69) is 0 Å². The van der Waals surface area contributed by atoms with E-state index in [0.717, 1.165) is 5.75 Å². The molecular weight excluding hydrogens is 164 g/mol. The molecule has 0 aliphatic rings. The van der Waals surface area contributed by atoms with Gasteiger partial charge in [0.1, 0.15) is 5.75 Å². The summed E-state index contributed by atoms with van der Waals surface area (Å²) >= 11 is 0. The lowest BCUT2D eigenvalue weighted by atomic mass is 10.2. The van der Waals surface area contributed by atoms with Crippen molar-refractivity contribution in [2.24, 2.45) is 0 Å². The molecule has 0 amide bonds. The van der Waals surface area contributed by atoms with Crippen LogP contribution < -0.4 is 10.5 Å². The maximum Gasteiger partial charge on any atom is 0.120 e. The topological polar surface area (TPSA) is 59.1 Å². The SMILES string of the molecule is CC(C)Oc1ccc(N)c(C=N)c1. The van der Waals surface area contributed by atoms with Gasteiger partial charge in [-0.15, -0.1) is 0 Å². The van der Waals surface area contributed by atoms with Crippen molar-refractivity contribution in [3.05, 3.63) is 23.8 Å². The van der Waals surface area contributed by atoms with E-state index in [0.29, 0.717) is 11.3 Å². The molecule has 13 heavy (non-hydrogen) atoms. The Morgan fingerprint density at radius 3 is 2.69 bits per heavy atom. The van der Waals surface area contributed by atoms with E-state index < -0.39 is 0 Å². The largest absolute Gasteiger partial charge is 0.491 e. The quantitative estimate of drug-likeness (QED) is 0.549. The van der Waals surface area contributed by atoms with Gasteiger partial charge in [-0.2, -0.15) is 0 Å². The molecular formula is C10H14N2O. The molecule has 0 fully saturated rings. The van der Waals surface area contributed by atoms with Crippen LogP contribution in [0.1, 0.15) is 19.4 Å². The zero-order valence-electron chi connectivity index (χ0n) is 7.87. The lowest BCUT2D eigenvalue weighted by molar-refractivity contribution is 0.242. The molecule has 0 aliphatic carbocycles. The van der Waals surface area contributed by atoms with Crippen LogP contribution in [0.25, 0.3) is 0 Å². The van der Waals surface area contributed by atoms with Gasteiger partial charge in [0.15, 0.2) is 0 Å². The number of hydrogen-bond acceptors (Lipinski definition) is 3. The maximum atomic E-state index is 7.10. The molecule has 1 rings (SSSR count). The molecule has 0 saturated carbocycles. The number of nitrogen functional groups attached to an aromatic ring is 1. The molecule has 3 nitrogen and oxygen atoms in total. The Hall–Kier alpha value is -1.51. The third kappa shape index (κ3) is 2.47. The Balaban J connectivity index is 2.92. The molecule has 0 aromatic heterocycles. The number of anilines is 1. The minimum Gasteiger partial charge on any atom is -0.491 e. The first kappa shape index (κ1) is 9.58. The normalized spacial score (nSPS) is 10.1. The highest BCUT2D eigenvalue weighted by molar-refractivity contribution is 5.85. The zero-order chi connectivity index (χ0) is 9.84. The van der Waals surface area contributed by atoms with Gasteiger partial charge in [0, 0.05) is 17.5 Å². The Morgan fingerprint density at radius 2 is 2.15 bits per heavy atom. The fourth-order valence-electron chi connectivity index (χ4n) is 1.02. The second-order valence-electron chi connectivity index (χ2n) is 3.10. The molecule has 70 valence electrons. The molecule has 0 radical (unpaired) electrons. The summed E-state index contributed by atoms with van der Waals surface area (Å²) in [6.07, 6.45) is 1.37. The van der Waals surface area contributed by atoms with E-state index in [1.54, 1.807) is 12.1 Å². The van der Waals surface area contributed by atoms with Crippen LogP contribution in [0.15, 0.2) is 18.2 Å². The zero-order valence-corrected chi connectivity index (χ0v) is 7.87. The first-order chi connectivity index (χ1) is 6.13. The number of ether oxygens (including phenoxy) is 1. The fraction of sp³-hybridized carbons (Fsp3) is 0.300. The fourth-order valence-corrected chi connectivity index (χ4v) is 1.02. The van der Waals surface area contributed by atoms with Crippen molar-refractivity contribution in [1.82, 2.24) is 0 Å². The molecule has 0 saturated heterocycles. The predicted molar refractivity (Wildman–Crippen MR) is 54.5 cm³/mol. The van der Waals surface area contributed by atoms with Gasteiger partial charge in [-0.3, -0.25) is 0 Å². The van der Waals surface area contributed by atoms with Gasteiger partial charge in [0.25, 0.3) is 0 Å². The Labute approximate surface area is 78.0 Å². The van der Waals surface area contributed by atoms with Crippen LogP contribution in [0.5, 0.6) is 5.75 Å². The third-order valence-electron chi connectivity index (χ3n) is 1.59. The van der Waals surface area contributed by atoms with E-state index in [4.69, 9.17) is 15.9 Å². The van der Waals surface area contributed by atoms with E-state index in [1.807, 2.05) is 19.9 Å². The third-order valence-corrected chi connectivity index (χ3v) is 1.59. The molecule has 3 N–H and O–H groups in total. The van der Waals surface area contributed by atoms with Gasteiger partial charge in [-0.1, -0.05) is 0 Å². The van der Waals surface area contributed by atoms with Crippen LogP contribution in [-0.2, 0) is 0 Å². The highest BCUT2D eigenvalue weighted by atomic mass is 16.5. The molecule has 3 heteroatoms.